The van der Waals surface area contributed by atoms with E-state index in [1.807, 2.05) is 0 Å². The normalized spacial score (nSPS) is 15.9. The minimum Gasteiger partial charge on any atom is -0.314 e. The summed E-state index contributed by atoms with van der Waals surface area (Å²) in [5, 5.41) is 3.24. The number of nitrogens with zero attached hydrogens (tertiary/aromatic N) is 1. The molecule has 1 saturated heterocycles. The fraction of sp³-hybridized carbons (Fsp3) is 0.500. The fourth-order valence-corrected chi connectivity index (χ4v) is 2.99. The van der Waals surface area contributed by atoms with Crippen molar-refractivity contribution in [2.24, 2.45) is 0 Å². The predicted octanol–water partition coefficient (Wildman–Crippen LogP) is 0.853. The molecule has 21 heavy (non-hydrogen) atoms. The monoisotopic (exact) mass is 359 g/mol. The Morgan fingerprint density at radius 1 is 1.14 bits per heavy atom. The largest absolute Gasteiger partial charge is 0.314 e. The molecule has 0 spiro atoms. The van der Waals surface area contributed by atoms with Gasteiger partial charge < -0.3 is 5.32 Å². The Morgan fingerprint density at radius 3 is 2.29 bits per heavy atom. The molecule has 1 aliphatic heterocycles. The van der Waals surface area contributed by atoms with Gasteiger partial charge in [-0.2, -0.15) is 0 Å². The summed E-state index contributed by atoms with van der Waals surface area (Å²) in [6, 6.07) is 4.82. The molecule has 0 aliphatic carbocycles. The summed E-state index contributed by atoms with van der Waals surface area (Å²) in [4.78, 5) is 2.29. The van der Waals surface area contributed by atoms with Crippen LogP contribution in [0.1, 0.15) is 0 Å². The van der Waals surface area contributed by atoms with Crippen LogP contribution in [0.25, 0.3) is 0 Å². The lowest BCUT2D eigenvalue weighted by Gasteiger charge is -2.27. The maximum atomic E-state index is 12.7. The van der Waals surface area contributed by atoms with Crippen molar-refractivity contribution in [1.82, 2.24) is 14.9 Å². The smallest absolute Gasteiger partial charge is 0.240 e. The molecule has 1 aromatic carbocycles. The maximum Gasteiger partial charge on any atom is 0.240 e. The average molecular weight is 360 g/mol. The molecule has 1 fully saturated rings. The molecule has 1 heterocycles. The van der Waals surface area contributed by atoms with E-state index in [1.165, 1.54) is 12.1 Å². The summed E-state index contributed by atoms with van der Waals surface area (Å²) in [6.07, 6.45) is 0. The quantitative estimate of drug-likeness (QED) is 0.818. The number of sulfonamides is 1. The molecule has 0 atom stereocenters. The van der Waals surface area contributed by atoms with Crippen LogP contribution in [0.15, 0.2) is 29.2 Å². The second-order valence-corrected chi connectivity index (χ2v) is 6.21. The van der Waals surface area contributed by atoms with Crippen LogP contribution in [0.4, 0.5) is 4.39 Å². The Labute approximate surface area is 137 Å². The van der Waals surface area contributed by atoms with Crippen LogP contribution in [0.5, 0.6) is 0 Å². The van der Waals surface area contributed by atoms with Crippen LogP contribution in [0.2, 0.25) is 0 Å². The molecule has 2 rings (SSSR count). The third-order valence-electron chi connectivity index (χ3n) is 3.05. The van der Waals surface area contributed by atoms with E-state index >= 15 is 0 Å². The molecule has 1 aromatic rings. The first-order valence-corrected chi connectivity index (χ1v) is 7.74. The Hall–Kier alpha value is -0.440. The van der Waals surface area contributed by atoms with Crippen molar-refractivity contribution in [2.75, 3.05) is 39.3 Å². The minimum atomic E-state index is -3.54. The molecule has 5 nitrogen and oxygen atoms in total. The maximum absolute atomic E-state index is 12.7. The summed E-state index contributed by atoms with van der Waals surface area (Å²) in [7, 11) is -3.54. The third kappa shape index (κ3) is 6.46. The van der Waals surface area contributed by atoms with Gasteiger partial charge in [-0.1, -0.05) is 0 Å². The minimum absolute atomic E-state index is 0. The van der Waals surface area contributed by atoms with Crippen molar-refractivity contribution < 1.29 is 12.8 Å². The highest BCUT2D eigenvalue weighted by Crippen LogP contribution is 2.09. The second-order valence-electron chi connectivity index (χ2n) is 4.44. The van der Waals surface area contributed by atoms with E-state index in [0.717, 1.165) is 38.3 Å². The molecule has 0 amide bonds. The van der Waals surface area contributed by atoms with Crippen LogP contribution < -0.4 is 10.0 Å². The van der Waals surface area contributed by atoms with Crippen LogP contribution in [-0.2, 0) is 10.0 Å². The first-order valence-electron chi connectivity index (χ1n) is 6.26. The number of halogens is 3. The Bertz CT molecular complexity index is 508. The van der Waals surface area contributed by atoms with E-state index in [2.05, 4.69) is 14.9 Å². The number of hydrogen-bond donors (Lipinski definition) is 2. The number of hydrogen-bond acceptors (Lipinski definition) is 4. The van der Waals surface area contributed by atoms with Gasteiger partial charge in [0, 0.05) is 39.3 Å². The van der Waals surface area contributed by atoms with Gasteiger partial charge in [0.05, 0.1) is 4.90 Å². The lowest BCUT2D eigenvalue weighted by Crippen LogP contribution is -2.46. The summed E-state index contributed by atoms with van der Waals surface area (Å²) in [5.74, 6) is -0.445. The predicted molar refractivity (Wildman–Crippen MR) is 85.4 cm³/mol. The standard InChI is InChI=1S/C12H18FN3O2S.2ClH/c13-11-1-3-12(4-2-11)19(17,18)15-7-10-16-8-5-14-6-9-16;;/h1-4,14-15H,5-10H2;2*1H. The van der Waals surface area contributed by atoms with Crippen molar-refractivity contribution in [3.05, 3.63) is 30.1 Å². The van der Waals surface area contributed by atoms with Crippen LogP contribution in [-0.4, -0.2) is 52.6 Å². The molecule has 2 N–H and O–H groups in total. The van der Waals surface area contributed by atoms with Crippen LogP contribution >= 0.6 is 24.8 Å². The highest BCUT2D eigenvalue weighted by Gasteiger charge is 2.15. The molecule has 122 valence electrons. The number of piperazine rings is 1. The zero-order valence-electron chi connectivity index (χ0n) is 11.4. The summed E-state index contributed by atoms with van der Waals surface area (Å²) >= 11 is 0. The Kier molecular flexibility index (Phi) is 9.35. The zero-order valence-corrected chi connectivity index (χ0v) is 13.9. The molecule has 0 aromatic heterocycles. The van der Waals surface area contributed by atoms with Gasteiger partial charge in [0.25, 0.3) is 0 Å². The molecular weight excluding hydrogens is 340 g/mol. The Balaban J connectivity index is 0.00000200. The first kappa shape index (κ1) is 20.6. The molecular formula is C12H20Cl2FN3O2S. The van der Waals surface area contributed by atoms with Gasteiger partial charge in [-0.3, -0.25) is 4.90 Å². The third-order valence-corrected chi connectivity index (χ3v) is 4.53. The Morgan fingerprint density at radius 2 is 1.71 bits per heavy atom. The van der Waals surface area contributed by atoms with Gasteiger partial charge in [-0.05, 0) is 24.3 Å². The van der Waals surface area contributed by atoms with Crippen LogP contribution in [0.3, 0.4) is 0 Å². The average Bonchev–Trinajstić information content (AvgIpc) is 2.40. The number of rotatable bonds is 5. The first-order chi connectivity index (χ1) is 9.08. The molecule has 0 radical (unpaired) electrons. The highest BCUT2D eigenvalue weighted by molar-refractivity contribution is 7.89. The van der Waals surface area contributed by atoms with E-state index in [0.29, 0.717) is 13.1 Å². The van der Waals surface area contributed by atoms with E-state index in [1.54, 1.807) is 0 Å². The fourth-order valence-electron chi connectivity index (χ4n) is 1.97. The van der Waals surface area contributed by atoms with Crippen LogP contribution in [0, 0.1) is 5.82 Å². The van der Waals surface area contributed by atoms with Gasteiger partial charge in [-0.25, -0.2) is 17.5 Å². The topological polar surface area (TPSA) is 61.4 Å². The zero-order chi connectivity index (χ0) is 13.7. The molecule has 0 saturated carbocycles. The molecule has 9 heteroatoms. The van der Waals surface area contributed by atoms with Gasteiger partial charge in [0.1, 0.15) is 5.82 Å². The molecule has 1 aliphatic rings. The van der Waals surface area contributed by atoms with Gasteiger partial charge >= 0.3 is 0 Å². The SMILES string of the molecule is Cl.Cl.O=S(=O)(NCCN1CCNCC1)c1ccc(F)cc1. The van der Waals surface area contributed by atoms with Gasteiger partial charge in [0.2, 0.25) is 10.0 Å². The van der Waals surface area contributed by atoms with E-state index in [-0.39, 0.29) is 29.7 Å². The van der Waals surface area contributed by atoms with Gasteiger partial charge in [0.15, 0.2) is 0 Å². The molecule has 0 bridgehead atoms. The number of benzene rings is 1. The van der Waals surface area contributed by atoms with E-state index in [4.69, 9.17) is 0 Å². The summed E-state index contributed by atoms with van der Waals surface area (Å²) in [6.45, 7) is 4.77. The summed E-state index contributed by atoms with van der Waals surface area (Å²) < 4.78 is 39.1. The van der Waals surface area contributed by atoms with E-state index in [9.17, 15) is 12.8 Å². The summed E-state index contributed by atoms with van der Waals surface area (Å²) in [5.41, 5.74) is 0. The van der Waals surface area contributed by atoms with Crippen molar-refractivity contribution in [1.29, 1.82) is 0 Å². The van der Waals surface area contributed by atoms with E-state index < -0.39 is 15.8 Å². The van der Waals surface area contributed by atoms with Crippen molar-refractivity contribution >= 4 is 34.8 Å². The van der Waals surface area contributed by atoms with Crippen molar-refractivity contribution in [3.8, 4) is 0 Å². The second kappa shape index (κ2) is 9.55. The lowest BCUT2D eigenvalue weighted by atomic mass is 10.3. The highest BCUT2D eigenvalue weighted by atomic mass is 35.5. The molecule has 0 unspecified atom stereocenters. The van der Waals surface area contributed by atoms with Gasteiger partial charge in [-0.15, -0.1) is 24.8 Å². The number of nitrogens with one attached hydrogen (secondary N) is 2. The van der Waals surface area contributed by atoms with Crippen molar-refractivity contribution in [3.63, 3.8) is 0 Å². The lowest BCUT2D eigenvalue weighted by molar-refractivity contribution is 0.245. The van der Waals surface area contributed by atoms with Crippen molar-refractivity contribution in [2.45, 2.75) is 4.90 Å².